The van der Waals surface area contributed by atoms with E-state index in [-0.39, 0.29) is 0 Å². The predicted octanol–water partition coefficient (Wildman–Crippen LogP) is 2.87. The van der Waals surface area contributed by atoms with Crippen LogP contribution in [0.1, 0.15) is 35.4 Å². The SMILES string of the molecule is Cc1nn(C)c(C)c1OCc1ccccc1CNC1CC1. The molecule has 0 bridgehead atoms. The minimum atomic E-state index is 0.593. The summed E-state index contributed by atoms with van der Waals surface area (Å²) in [5.74, 6) is 0.905. The van der Waals surface area contributed by atoms with Crippen molar-refractivity contribution in [3.05, 3.63) is 46.8 Å². The van der Waals surface area contributed by atoms with Crippen LogP contribution in [0.4, 0.5) is 0 Å². The molecule has 1 aliphatic rings. The molecule has 0 aliphatic heterocycles. The molecule has 4 nitrogen and oxygen atoms in total. The van der Waals surface area contributed by atoms with Crippen LogP contribution in [0.2, 0.25) is 0 Å². The lowest BCUT2D eigenvalue weighted by atomic mass is 10.1. The second-order valence-electron chi connectivity index (χ2n) is 5.84. The second-order valence-corrected chi connectivity index (χ2v) is 5.84. The van der Waals surface area contributed by atoms with Crippen molar-refractivity contribution in [2.24, 2.45) is 7.05 Å². The van der Waals surface area contributed by atoms with Crippen molar-refractivity contribution in [3.63, 3.8) is 0 Å². The zero-order chi connectivity index (χ0) is 14.8. The summed E-state index contributed by atoms with van der Waals surface area (Å²) < 4.78 is 7.89. The lowest BCUT2D eigenvalue weighted by Gasteiger charge is -2.12. The predicted molar refractivity (Wildman–Crippen MR) is 83.3 cm³/mol. The van der Waals surface area contributed by atoms with E-state index in [2.05, 4.69) is 34.7 Å². The van der Waals surface area contributed by atoms with E-state index in [1.165, 1.54) is 24.0 Å². The Hall–Kier alpha value is -1.81. The number of aryl methyl sites for hydroxylation is 2. The van der Waals surface area contributed by atoms with Crippen LogP contribution in [0.25, 0.3) is 0 Å². The molecule has 0 amide bonds. The molecule has 3 rings (SSSR count). The molecular formula is C17H23N3O. The van der Waals surface area contributed by atoms with Crippen molar-refractivity contribution in [1.29, 1.82) is 0 Å². The Morgan fingerprint density at radius 1 is 1.24 bits per heavy atom. The number of nitrogens with zero attached hydrogens (tertiary/aromatic N) is 2. The van der Waals surface area contributed by atoms with Crippen molar-refractivity contribution in [2.45, 2.75) is 45.9 Å². The van der Waals surface area contributed by atoms with Gasteiger partial charge in [-0.15, -0.1) is 0 Å². The second kappa shape index (κ2) is 5.90. The van der Waals surface area contributed by atoms with Gasteiger partial charge >= 0.3 is 0 Å². The van der Waals surface area contributed by atoms with E-state index in [1.807, 2.05) is 25.6 Å². The van der Waals surface area contributed by atoms with Crippen LogP contribution in [0.15, 0.2) is 24.3 Å². The van der Waals surface area contributed by atoms with Crippen LogP contribution < -0.4 is 10.1 Å². The van der Waals surface area contributed by atoms with Gasteiger partial charge in [-0.25, -0.2) is 0 Å². The third kappa shape index (κ3) is 3.27. The number of nitrogens with one attached hydrogen (secondary N) is 1. The highest BCUT2D eigenvalue weighted by Crippen LogP contribution is 2.24. The molecule has 0 atom stereocenters. The summed E-state index contributed by atoms with van der Waals surface area (Å²) in [5.41, 5.74) is 4.58. The van der Waals surface area contributed by atoms with Gasteiger partial charge in [0.2, 0.25) is 0 Å². The molecule has 1 aliphatic carbocycles. The van der Waals surface area contributed by atoms with E-state index in [4.69, 9.17) is 4.74 Å². The van der Waals surface area contributed by atoms with Crippen molar-refractivity contribution in [1.82, 2.24) is 15.1 Å². The standard InChI is InChI=1S/C17H23N3O/c1-12-17(13(2)20(3)19-12)21-11-15-7-5-4-6-14(15)10-18-16-8-9-16/h4-7,16,18H,8-11H2,1-3H3. The minimum absolute atomic E-state index is 0.593. The summed E-state index contributed by atoms with van der Waals surface area (Å²) in [5, 5.41) is 7.96. The summed E-state index contributed by atoms with van der Waals surface area (Å²) in [6.07, 6.45) is 2.62. The van der Waals surface area contributed by atoms with Gasteiger partial charge in [-0.1, -0.05) is 24.3 Å². The maximum Gasteiger partial charge on any atom is 0.163 e. The Bertz CT molecular complexity index is 629. The molecule has 0 spiro atoms. The first kappa shape index (κ1) is 14.1. The van der Waals surface area contributed by atoms with Crippen LogP contribution in [0.3, 0.4) is 0 Å². The normalized spacial score (nSPS) is 14.4. The van der Waals surface area contributed by atoms with Crippen LogP contribution in [0.5, 0.6) is 5.75 Å². The summed E-state index contributed by atoms with van der Waals surface area (Å²) in [6.45, 7) is 5.55. The molecule has 1 saturated carbocycles. The highest BCUT2D eigenvalue weighted by atomic mass is 16.5. The quantitative estimate of drug-likeness (QED) is 0.887. The molecule has 1 aromatic carbocycles. The molecule has 0 radical (unpaired) electrons. The molecule has 1 aromatic heterocycles. The van der Waals surface area contributed by atoms with E-state index in [9.17, 15) is 0 Å². The largest absolute Gasteiger partial charge is 0.485 e. The molecule has 0 saturated heterocycles. The van der Waals surface area contributed by atoms with Crippen LogP contribution in [-0.4, -0.2) is 15.8 Å². The fourth-order valence-electron chi connectivity index (χ4n) is 2.53. The van der Waals surface area contributed by atoms with Gasteiger partial charge in [-0.3, -0.25) is 4.68 Å². The van der Waals surface area contributed by atoms with Gasteiger partial charge in [0.1, 0.15) is 12.3 Å². The Kier molecular flexibility index (Phi) is 3.97. The van der Waals surface area contributed by atoms with Crippen LogP contribution in [0, 0.1) is 13.8 Å². The molecule has 21 heavy (non-hydrogen) atoms. The van der Waals surface area contributed by atoms with Crippen LogP contribution in [-0.2, 0) is 20.2 Å². The van der Waals surface area contributed by atoms with E-state index in [0.29, 0.717) is 6.61 Å². The lowest BCUT2D eigenvalue weighted by molar-refractivity contribution is 0.300. The van der Waals surface area contributed by atoms with Crippen LogP contribution >= 0.6 is 0 Å². The molecule has 1 heterocycles. The Morgan fingerprint density at radius 2 is 1.95 bits per heavy atom. The third-order valence-corrected chi connectivity index (χ3v) is 4.09. The van der Waals surface area contributed by atoms with Gasteiger partial charge in [0.25, 0.3) is 0 Å². The van der Waals surface area contributed by atoms with E-state index in [0.717, 1.165) is 29.7 Å². The van der Waals surface area contributed by atoms with E-state index in [1.54, 1.807) is 0 Å². The summed E-state index contributed by atoms with van der Waals surface area (Å²) in [4.78, 5) is 0. The monoisotopic (exact) mass is 285 g/mol. The fourth-order valence-corrected chi connectivity index (χ4v) is 2.53. The van der Waals surface area contributed by atoms with Gasteiger partial charge in [0.15, 0.2) is 5.75 Å². The molecule has 1 fully saturated rings. The summed E-state index contributed by atoms with van der Waals surface area (Å²) >= 11 is 0. The topological polar surface area (TPSA) is 39.1 Å². The smallest absolute Gasteiger partial charge is 0.163 e. The average molecular weight is 285 g/mol. The minimum Gasteiger partial charge on any atom is -0.485 e. The fraction of sp³-hybridized carbons (Fsp3) is 0.471. The Balaban J connectivity index is 1.69. The molecular weight excluding hydrogens is 262 g/mol. The van der Waals surface area contributed by atoms with Gasteiger partial charge in [-0.2, -0.15) is 5.10 Å². The van der Waals surface area contributed by atoms with Crippen molar-refractivity contribution < 1.29 is 4.74 Å². The summed E-state index contributed by atoms with van der Waals surface area (Å²) in [6, 6.07) is 9.21. The maximum atomic E-state index is 6.03. The molecule has 4 heteroatoms. The number of hydrogen-bond donors (Lipinski definition) is 1. The maximum absolute atomic E-state index is 6.03. The number of aromatic nitrogens is 2. The zero-order valence-electron chi connectivity index (χ0n) is 13.0. The van der Waals surface area contributed by atoms with Gasteiger partial charge in [0.05, 0.1) is 5.69 Å². The van der Waals surface area contributed by atoms with Gasteiger partial charge in [-0.05, 0) is 37.8 Å². The molecule has 112 valence electrons. The van der Waals surface area contributed by atoms with E-state index < -0.39 is 0 Å². The molecule has 0 unspecified atom stereocenters. The Morgan fingerprint density at radius 3 is 2.57 bits per heavy atom. The number of rotatable bonds is 6. The van der Waals surface area contributed by atoms with Gasteiger partial charge < -0.3 is 10.1 Å². The van der Waals surface area contributed by atoms with Gasteiger partial charge in [0, 0.05) is 19.6 Å². The highest BCUT2D eigenvalue weighted by molar-refractivity contribution is 5.33. The first-order valence-corrected chi connectivity index (χ1v) is 7.58. The number of ether oxygens (including phenoxy) is 1. The Labute approximate surface area is 126 Å². The summed E-state index contributed by atoms with van der Waals surface area (Å²) in [7, 11) is 1.95. The third-order valence-electron chi connectivity index (χ3n) is 4.09. The average Bonchev–Trinajstić information content (AvgIpc) is 3.26. The van der Waals surface area contributed by atoms with Crippen molar-refractivity contribution in [2.75, 3.05) is 0 Å². The van der Waals surface area contributed by atoms with E-state index >= 15 is 0 Å². The zero-order valence-corrected chi connectivity index (χ0v) is 13.0. The number of benzene rings is 1. The van der Waals surface area contributed by atoms with Crippen molar-refractivity contribution >= 4 is 0 Å². The lowest BCUT2D eigenvalue weighted by Crippen LogP contribution is -2.17. The van der Waals surface area contributed by atoms with Crippen molar-refractivity contribution in [3.8, 4) is 5.75 Å². The molecule has 2 aromatic rings. The first-order valence-electron chi connectivity index (χ1n) is 7.58. The number of hydrogen-bond acceptors (Lipinski definition) is 3. The molecule has 1 N–H and O–H groups in total. The highest BCUT2D eigenvalue weighted by Gasteiger charge is 2.20. The first-order chi connectivity index (χ1) is 10.1.